The first kappa shape index (κ1) is 59.9. The fourth-order valence-electron chi connectivity index (χ4n) is 7.95. The zero-order valence-electron chi connectivity index (χ0n) is 38.9. The molecule has 1 amide bonds. The minimum absolute atomic E-state index is 0. The van der Waals surface area contributed by atoms with Gasteiger partial charge in [-0.05, 0) is 99.1 Å². The number of rotatable bonds is 22. The molecule has 3 unspecified atom stereocenters. The predicted octanol–water partition coefficient (Wildman–Crippen LogP) is 12.6. The van der Waals surface area contributed by atoms with Crippen molar-refractivity contribution in [1.82, 2.24) is 15.0 Å². The maximum absolute atomic E-state index is 15.2. The van der Waals surface area contributed by atoms with Gasteiger partial charge in [0.15, 0.2) is 0 Å². The van der Waals surface area contributed by atoms with Crippen molar-refractivity contribution in [2.45, 2.75) is 148 Å². The van der Waals surface area contributed by atoms with Crippen molar-refractivity contribution in [3.05, 3.63) is 92.3 Å². The van der Waals surface area contributed by atoms with E-state index >= 15 is 8.78 Å². The number of benzene rings is 2. The number of allylic oxidation sites excluding steroid dienone is 5. The molecule has 2 aromatic carbocycles. The van der Waals surface area contributed by atoms with Crippen molar-refractivity contribution < 1.29 is 44.3 Å². The van der Waals surface area contributed by atoms with E-state index in [9.17, 15) is 35.5 Å². The monoisotopic (exact) mass is 1020 g/mol. The van der Waals surface area contributed by atoms with Crippen molar-refractivity contribution in [2.24, 2.45) is 29.3 Å². The smallest absolute Gasteiger partial charge is 0.402 e. The molecule has 380 valence electrons. The first-order chi connectivity index (χ1) is 30.6. The Morgan fingerprint density at radius 3 is 2.16 bits per heavy atom. The fraction of sp³-hybridized carbons (Fsp3) is 0.596. The average Bonchev–Trinajstić information content (AvgIpc) is 3.95. The summed E-state index contributed by atoms with van der Waals surface area (Å²) < 4.78 is 133. The molecule has 2 aliphatic rings. The standard InChI is InChI=1S/C44H59ClF9N7OS2.C2H6.CH4/c1-23(35(55)13-14-42(5,6)64-30-8-9-30)16-33(32-10-11-34(45)38(26(4)59-63-7)39(32)61(57)22-44(52,53)54)24(2)36(19-27-17-28(46)20-29(47)18-27)58-37(62)21-60(56)40-31(25(3)41(48)49)12-15-43(40,50)51;1-2;/h10-11,16-18,20,24-26,30,36,41,59H,8-9,12-15,19,21-22,55-57H2,1-7H3,(H,58,62);1-2H3;1H4/b33-16+,35-23-;;/t24?,25?,26?,36-;;/m0../s1. The molecule has 0 heterocycles. The molecular formula is C47H69ClF9N7OS2. The molecule has 0 radical (unpaired) electrons. The highest BCUT2D eigenvalue weighted by Crippen LogP contribution is 2.47. The van der Waals surface area contributed by atoms with Gasteiger partial charge in [0.05, 0.1) is 11.4 Å². The van der Waals surface area contributed by atoms with Crippen LogP contribution in [0.3, 0.4) is 0 Å². The molecule has 4 rings (SSSR count). The van der Waals surface area contributed by atoms with E-state index in [2.05, 4.69) is 23.9 Å². The van der Waals surface area contributed by atoms with Crippen LogP contribution in [0.25, 0.3) is 5.57 Å². The second-order valence-corrected chi connectivity index (χ2v) is 20.4. The number of carbonyl (C=O) groups is 1. The lowest BCUT2D eigenvalue weighted by atomic mass is 9.82. The van der Waals surface area contributed by atoms with Gasteiger partial charge in [-0.15, -0.1) is 0 Å². The molecule has 1 saturated carbocycles. The normalized spacial score (nSPS) is 17.5. The molecule has 2 aliphatic carbocycles. The van der Waals surface area contributed by atoms with Gasteiger partial charge in [0, 0.05) is 68.3 Å². The van der Waals surface area contributed by atoms with Crippen molar-refractivity contribution in [2.75, 3.05) is 24.4 Å². The largest absolute Gasteiger partial charge is 0.407 e. The molecule has 4 atom stereocenters. The molecule has 8 N–H and O–H groups in total. The molecule has 0 aromatic heterocycles. The first-order valence-corrected chi connectivity index (χ1v) is 24.3. The lowest BCUT2D eigenvalue weighted by Crippen LogP contribution is -2.49. The highest BCUT2D eigenvalue weighted by Gasteiger charge is 2.47. The zero-order valence-corrected chi connectivity index (χ0v) is 41.3. The zero-order chi connectivity index (χ0) is 50.1. The fourth-order valence-corrected chi connectivity index (χ4v) is 10.2. The van der Waals surface area contributed by atoms with Gasteiger partial charge >= 0.3 is 6.18 Å². The Hall–Kier alpha value is -3.23. The number of nitrogens with one attached hydrogen (secondary N) is 2. The summed E-state index contributed by atoms with van der Waals surface area (Å²) in [6.07, 6.45) is -2.44. The van der Waals surface area contributed by atoms with Crippen LogP contribution in [0, 0.1) is 23.5 Å². The average molecular weight is 1020 g/mol. The molecule has 0 saturated heterocycles. The number of nitrogens with two attached hydrogens (primary N) is 3. The molecule has 1 fully saturated rings. The molecule has 0 spiro atoms. The number of amides is 1. The van der Waals surface area contributed by atoms with Crippen LogP contribution in [-0.4, -0.2) is 64.8 Å². The Kier molecular flexibility index (Phi) is 22.9. The van der Waals surface area contributed by atoms with Gasteiger partial charge in [-0.25, -0.2) is 29.2 Å². The number of alkyl halides is 7. The third-order valence-electron chi connectivity index (χ3n) is 11.4. The van der Waals surface area contributed by atoms with Crippen LogP contribution in [-0.2, 0) is 11.2 Å². The van der Waals surface area contributed by atoms with Crippen LogP contribution < -0.4 is 32.5 Å². The quantitative estimate of drug-likeness (QED) is 0.0258. The first-order valence-electron chi connectivity index (χ1n) is 21.9. The summed E-state index contributed by atoms with van der Waals surface area (Å²) >= 11 is 9.81. The number of halogens is 10. The van der Waals surface area contributed by atoms with Gasteiger partial charge in [0.2, 0.25) is 12.3 Å². The summed E-state index contributed by atoms with van der Waals surface area (Å²) in [5.41, 5.74) is 7.12. The van der Waals surface area contributed by atoms with Gasteiger partial charge in [0.1, 0.15) is 24.7 Å². The van der Waals surface area contributed by atoms with Crippen LogP contribution in [0.5, 0.6) is 0 Å². The summed E-state index contributed by atoms with van der Waals surface area (Å²) in [4.78, 5) is 14.0. The van der Waals surface area contributed by atoms with Gasteiger partial charge < -0.3 is 16.1 Å². The Bertz CT molecular complexity index is 2040. The molecule has 67 heavy (non-hydrogen) atoms. The van der Waals surface area contributed by atoms with Gasteiger partial charge in [-0.3, -0.25) is 14.5 Å². The van der Waals surface area contributed by atoms with Crippen molar-refractivity contribution in [3.8, 4) is 0 Å². The van der Waals surface area contributed by atoms with Gasteiger partial charge in [-0.2, -0.15) is 33.7 Å². The van der Waals surface area contributed by atoms with E-state index in [-0.39, 0.29) is 63.6 Å². The second kappa shape index (κ2) is 25.6. The summed E-state index contributed by atoms with van der Waals surface area (Å²) in [5, 5.41) is 4.37. The summed E-state index contributed by atoms with van der Waals surface area (Å²) in [5.74, 6) is 3.37. The van der Waals surface area contributed by atoms with E-state index in [4.69, 9.17) is 29.0 Å². The number of hydrogen-bond acceptors (Lipinski definition) is 9. The van der Waals surface area contributed by atoms with Crippen LogP contribution in [0.4, 0.5) is 45.2 Å². The van der Waals surface area contributed by atoms with E-state index in [0.29, 0.717) is 45.4 Å². The SMILES string of the molecule is C.CC.CSNC(C)c1c(Cl)ccc(/C(=C/C(C)=C(\N)CCC(C)(C)SC2CC2)C(C)[C@H](Cc2cc(F)cc(F)c2)NC(=O)CN(N)C2=C(C(C)C(F)F)CCC2(F)F)c1N(N)CC(F)(F)F. The Balaban J connectivity index is 0.00000507. The summed E-state index contributed by atoms with van der Waals surface area (Å²) in [7, 11) is 0. The van der Waals surface area contributed by atoms with Gasteiger partial charge in [-0.1, -0.05) is 84.7 Å². The molecule has 2 aromatic rings. The number of hydrogen-bond donors (Lipinski definition) is 5. The number of thioether (sulfide) groups is 1. The predicted molar refractivity (Wildman–Crippen MR) is 259 cm³/mol. The number of nitrogens with zero attached hydrogens (tertiary/aromatic N) is 2. The number of anilines is 1. The van der Waals surface area contributed by atoms with E-state index in [0.717, 1.165) is 31.9 Å². The molecule has 8 nitrogen and oxygen atoms in total. The molecular weight excluding hydrogens is 949 g/mol. The summed E-state index contributed by atoms with van der Waals surface area (Å²) in [6.45, 7) is 11.8. The molecule has 0 bridgehead atoms. The second-order valence-electron chi connectivity index (χ2n) is 17.3. The van der Waals surface area contributed by atoms with E-state index in [1.165, 1.54) is 24.1 Å². The Labute approximate surface area is 404 Å². The maximum atomic E-state index is 15.2. The Morgan fingerprint density at radius 2 is 1.63 bits per heavy atom. The lowest BCUT2D eigenvalue weighted by molar-refractivity contribution is -0.123. The minimum Gasteiger partial charge on any atom is -0.402 e. The topological polar surface area (TPSA) is 126 Å². The van der Waals surface area contributed by atoms with Crippen molar-refractivity contribution in [3.63, 3.8) is 0 Å². The van der Waals surface area contributed by atoms with Crippen LogP contribution in [0.2, 0.25) is 5.02 Å². The van der Waals surface area contributed by atoms with Crippen molar-refractivity contribution >= 4 is 52.5 Å². The van der Waals surface area contributed by atoms with Crippen LogP contribution in [0.1, 0.15) is 124 Å². The van der Waals surface area contributed by atoms with E-state index < -0.39 is 85.2 Å². The third-order valence-corrected chi connectivity index (χ3v) is 14.0. The summed E-state index contributed by atoms with van der Waals surface area (Å²) in [6, 6.07) is 3.83. The number of carbonyl (C=O) groups excluding carboxylic acids is 1. The van der Waals surface area contributed by atoms with Crippen LogP contribution in [0.15, 0.2) is 58.9 Å². The third kappa shape index (κ3) is 17.3. The minimum atomic E-state index is -4.78. The Morgan fingerprint density at radius 1 is 1.03 bits per heavy atom. The highest BCUT2D eigenvalue weighted by atomic mass is 35.5. The highest BCUT2D eigenvalue weighted by molar-refractivity contribution is 8.01. The maximum Gasteiger partial charge on any atom is 0.407 e. The number of hydrazine groups is 2. The van der Waals surface area contributed by atoms with Crippen LogP contribution >= 0.6 is 35.3 Å². The van der Waals surface area contributed by atoms with Crippen molar-refractivity contribution in [1.29, 1.82) is 0 Å². The van der Waals surface area contributed by atoms with E-state index in [1.54, 1.807) is 33.1 Å². The molecule has 0 aliphatic heterocycles. The lowest BCUT2D eigenvalue weighted by Gasteiger charge is -2.34. The van der Waals surface area contributed by atoms with Gasteiger partial charge in [0.25, 0.3) is 5.92 Å². The molecule has 20 heteroatoms. The van der Waals surface area contributed by atoms with E-state index in [1.807, 2.05) is 25.6 Å².